The third-order valence-corrected chi connectivity index (χ3v) is 6.39. The lowest BCUT2D eigenvalue weighted by Gasteiger charge is -2.26. The molecule has 5 nitrogen and oxygen atoms in total. The molecule has 2 saturated carbocycles. The zero-order valence-electron chi connectivity index (χ0n) is 16.8. The Balaban J connectivity index is 1.49. The van der Waals surface area contributed by atoms with E-state index in [1.54, 1.807) is 12.4 Å². The van der Waals surface area contributed by atoms with Gasteiger partial charge in [0.1, 0.15) is 0 Å². The van der Waals surface area contributed by atoms with Crippen molar-refractivity contribution in [2.45, 2.75) is 33.1 Å². The quantitative estimate of drug-likeness (QED) is 0.746. The van der Waals surface area contributed by atoms with Crippen LogP contribution >= 0.6 is 0 Å². The van der Waals surface area contributed by atoms with E-state index in [1.807, 2.05) is 50.2 Å². The number of allylic oxidation sites excluding steroid dienone is 2. The van der Waals surface area contributed by atoms with Crippen LogP contribution in [0.25, 0.3) is 0 Å². The van der Waals surface area contributed by atoms with E-state index in [2.05, 4.69) is 10.3 Å². The van der Waals surface area contributed by atoms with Gasteiger partial charge in [0.2, 0.25) is 5.91 Å². The summed E-state index contributed by atoms with van der Waals surface area (Å²) in [7, 11) is 0. The summed E-state index contributed by atoms with van der Waals surface area (Å²) < 4.78 is 0. The van der Waals surface area contributed by atoms with Crippen LogP contribution in [0.2, 0.25) is 0 Å². The maximum atomic E-state index is 13.1. The molecule has 1 heterocycles. The molecule has 0 unspecified atom stereocenters. The van der Waals surface area contributed by atoms with Crippen LogP contribution in [0.5, 0.6) is 0 Å². The predicted molar refractivity (Wildman–Crippen MR) is 111 cm³/mol. The number of carbonyl (C=O) groups is 2. The maximum Gasteiger partial charge on any atom is 0.307 e. The molecule has 2 aliphatic rings. The molecule has 0 saturated heterocycles. The molecule has 4 rings (SSSR count). The fourth-order valence-corrected chi connectivity index (χ4v) is 5.27. The Labute approximate surface area is 170 Å². The van der Waals surface area contributed by atoms with Gasteiger partial charge in [0, 0.05) is 18.1 Å². The molecule has 0 spiro atoms. The molecule has 2 aliphatic carbocycles. The first kappa shape index (κ1) is 19.4. The van der Waals surface area contributed by atoms with Crippen LogP contribution in [0.3, 0.4) is 0 Å². The zero-order chi connectivity index (χ0) is 20.5. The molecule has 2 aromatic rings. The van der Waals surface area contributed by atoms with Crippen LogP contribution in [0, 0.1) is 23.7 Å². The van der Waals surface area contributed by atoms with Crippen molar-refractivity contribution in [2.24, 2.45) is 23.7 Å². The Morgan fingerprint density at radius 3 is 2.14 bits per heavy atom. The number of carboxylic acid groups (broad SMARTS) is 1. The lowest BCUT2D eigenvalue weighted by molar-refractivity contribution is -0.148. The highest BCUT2D eigenvalue weighted by atomic mass is 16.4. The van der Waals surface area contributed by atoms with Crippen LogP contribution in [-0.2, 0) is 16.0 Å². The second-order valence-electron chi connectivity index (χ2n) is 8.35. The second-order valence-corrected chi connectivity index (χ2v) is 8.35. The molecule has 0 radical (unpaired) electrons. The molecular weight excluding hydrogens is 364 g/mol. The number of carbonyl (C=O) groups excluding carboxylic acids is 1. The lowest BCUT2D eigenvalue weighted by Crippen LogP contribution is -2.37. The molecule has 4 atom stereocenters. The number of rotatable bonds is 5. The second kappa shape index (κ2) is 7.82. The van der Waals surface area contributed by atoms with Gasteiger partial charge < -0.3 is 10.4 Å². The molecule has 5 heteroatoms. The Hall–Kier alpha value is -2.95. The van der Waals surface area contributed by atoms with E-state index < -0.39 is 17.8 Å². The van der Waals surface area contributed by atoms with E-state index in [4.69, 9.17) is 0 Å². The summed E-state index contributed by atoms with van der Waals surface area (Å²) in [6.45, 7) is 4.06. The highest BCUT2D eigenvalue weighted by molar-refractivity contribution is 5.96. The number of pyridine rings is 1. The highest BCUT2D eigenvalue weighted by Gasteiger charge is 2.57. The first-order valence-electron chi connectivity index (χ1n) is 10.1. The van der Waals surface area contributed by atoms with Crippen molar-refractivity contribution in [1.29, 1.82) is 0 Å². The van der Waals surface area contributed by atoms with Gasteiger partial charge in [0.25, 0.3) is 0 Å². The number of nitrogens with one attached hydrogen (secondary N) is 1. The van der Waals surface area contributed by atoms with Crippen LogP contribution in [-0.4, -0.2) is 22.0 Å². The monoisotopic (exact) mass is 390 g/mol. The van der Waals surface area contributed by atoms with Gasteiger partial charge in [-0.25, -0.2) is 0 Å². The van der Waals surface area contributed by atoms with E-state index in [9.17, 15) is 14.7 Å². The smallest absolute Gasteiger partial charge is 0.307 e. The lowest BCUT2D eigenvalue weighted by atomic mass is 9.78. The highest BCUT2D eigenvalue weighted by Crippen LogP contribution is 2.57. The zero-order valence-corrected chi connectivity index (χ0v) is 16.8. The topological polar surface area (TPSA) is 79.3 Å². The summed E-state index contributed by atoms with van der Waals surface area (Å²) in [5.41, 5.74) is 5.39. The van der Waals surface area contributed by atoms with E-state index in [0.29, 0.717) is 5.69 Å². The fourth-order valence-electron chi connectivity index (χ4n) is 5.27. The standard InChI is InChI=1S/C24H26N2O3/c1-14(2)20-18-7-8-19(20)22(24(28)29)21(18)23(27)26-17-5-3-15(4-6-17)13-16-9-11-25-12-10-16/h3-6,9-12,18-19,21-22H,7-8,13H2,1-2H3,(H,26,27)(H,28,29)/t18-,19+,21+,22-/m0/s1. The fraction of sp³-hybridized carbons (Fsp3) is 0.375. The normalized spacial score (nSPS) is 25.1. The maximum absolute atomic E-state index is 13.1. The molecule has 150 valence electrons. The third kappa shape index (κ3) is 3.69. The van der Waals surface area contributed by atoms with Crippen LogP contribution < -0.4 is 5.32 Å². The van der Waals surface area contributed by atoms with Crippen LogP contribution in [0.1, 0.15) is 37.8 Å². The number of carboxylic acids is 1. The number of aromatic nitrogens is 1. The van der Waals surface area contributed by atoms with E-state index in [0.717, 1.165) is 24.8 Å². The minimum absolute atomic E-state index is 0.000915. The van der Waals surface area contributed by atoms with Crippen molar-refractivity contribution in [1.82, 2.24) is 4.98 Å². The summed E-state index contributed by atoms with van der Waals surface area (Å²) in [6, 6.07) is 11.7. The Morgan fingerprint density at radius 1 is 0.966 bits per heavy atom. The average Bonchev–Trinajstić information content (AvgIpc) is 3.27. The van der Waals surface area contributed by atoms with Gasteiger partial charge in [-0.15, -0.1) is 0 Å². The molecular formula is C24H26N2O3. The Morgan fingerprint density at radius 2 is 1.55 bits per heavy atom. The summed E-state index contributed by atoms with van der Waals surface area (Å²) in [5, 5.41) is 12.8. The Bertz CT molecular complexity index is 946. The van der Waals surface area contributed by atoms with E-state index in [-0.39, 0.29) is 17.7 Å². The van der Waals surface area contributed by atoms with Gasteiger partial charge >= 0.3 is 5.97 Å². The van der Waals surface area contributed by atoms with Crippen molar-refractivity contribution in [3.8, 4) is 0 Å². The number of hydrogen-bond acceptors (Lipinski definition) is 3. The van der Waals surface area contributed by atoms with Crippen LogP contribution in [0.15, 0.2) is 59.9 Å². The van der Waals surface area contributed by atoms with Crippen molar-refractivity contribution >= 4 is 17.6 Å². The Kier molecular flexibility index (Phi) is 5.22. The first-order valence-corrected chi connectivity index (χ1v) is 10.1. The first-order chi connectivity index (χ1) is 14.0. The molecule has 0 aliphatic heterocycles. The number of amides is 1. The van der Waals surface area contributed by atoms with Gasteiger partial charge in [-0.3, -0.25) is 14.6 Å². The summed E-state index contributed by atoms with van der Waals surface area (Å²) >= 11 is 0. The molecule has 2 bridgehead atoms. The van der Waals surface area contributed by atoms with Gasteiger partial charge in [0.05, 0.1) is 11.8 Å². The van der Waals surface area contributed by atoms with E-state index in [1.165, 1.54) is 16.7 Å². The molecule has 2 N–H and O–H groups in total. The summed E-state index contributed by atoms with van der Waals surface area (Å²) in [5.74, 6) is -2.09. The van der Waals surface area contributed by atoms with Crippen molar-refractivity contribution in [2.75, 3.05) is 5.32 Å². The van der Waals surface area contributed by atoms with Crippen molar-refractivity contribution < 1.29 is 14.7 Å². The molecule has 1 aromatic carbocycles. The van der Waals surface area contributed by atoms with E-state index >= 15 is 0 Å². The van der Waals surface area contributed by atoms with Gasteiger partial charge in [0.15, 0.2) is 0 Å². The SMILES string of the molecule is CC(C)=C1[C@H]2CC[C@@H]1[C@@H](C(=O)Nc1ccc(Cc3ccncc3)cc1)[C@H]2C(=O)O. The number of aliphatic carboxylic acids is 1. The molecule has 29 heavy (non-hydrogen) atoms. The van der Waals surface area contributed by atoms with Gasteiger partial charge in [-0.1, -0.05) is 23.3 Å². The van der Waals surface area contributed by atoms with Crippen LogP contribution in [0.4, 0.5) is 5.69 Å². The number of fused-ring (bicyclic) bond motifs is 2. The van der Waals surface area contributed by atoms with Crippen molar-refractivity contribution in [3.05, 3.63) is 71.1 Å². The predicted octanol–water partition coefficient (Wildman–Crippen LogP) is 4.30. The number of hydrogen-bond donors (Lipinski definition) is 2. The minimum Gasteiger partial charge on any atom is -0.481 e. The number of nitrogens with zero attached hydrogens (tertiary/aromatic N) is 1. The summed E-state index contributed by atoms with van der Waals surface area (Å²) in [4.78, 5) is 29.0. The van der Waals surface area contributed by atoms with Crippen molar-refractivity contribution in [3.63, 3.8) is 0 Å². The molecule has 1 aromatic heterocycles. The van der Waals surface area contributed by atoms with Gasteiger partial charge in [-0.2, -0.15) is 0 Å². The number of anilines is 1. The third-order valence-electron chi connectivity index (χ3n) is 6.39. The molecule has 1 amide bonds. The average molecular weight is 390 g/mol. The summed E-state index contributed by atoms with van der Waals surface area (Å²) in [6.07, 6.45) is 6.12. The largest absolute Gasteiger partial charge is 0.481 e. The van der Waals surface area contributed by atoms with Gasteiger partial charge in [-0.05, 0) is 80.3 Å². The molecule has 2 fully saturated rings. The minimum atomic E-state index is -0.858. The number of benzene rings is 1.